The lowest BCUT2D eigenvalue weighted by atomic mass is 10.0. The molecule has 0 amide bonds. The molecule has 3 rings (SSSR count). The van der Waals surface area contributed by atoms with Crippen LogP contribution >= 0.6 is 0 Å². The van der Waals surface area contributed by atoms with Crippen LogP contribution < -0.4 is 4.74 Å². The number of rotatable bonds is 4. The van der Waals surface area contributed by atoms with Crippen LogP contribution in [0.15, 0.2) is 36.4 Å². The smallest absolute Gasteiger partial charge is 0.133 e. The maximum atomic E-state index is 9.99. The first kappa shape index (κ1) is 14.4. The summed E-state index contributed by atoms with van der Waals surface area (Å²) in [5.41, 5.74) is 0.838. The zero-order valence-electron chi connectivity index (χ0n) is 12.4. The minimum absolute atomic E-state index is 0.166. The highest BCUT2D eigenvalue weighted by atomic mass is 16.5. The monoisotopic (exact) mass is 286 g/mol. The van der Waals surface area contributed by atoms with Crippen LogP contribution in [0.1, 0.15) is 37.9 Å². The van der Waals surface area contributed by atoms with E-state index in [0.717, 1.165) is 41.5 Å². The van der Waals surface area contributed by atoms with Gasteiger partial charge in [0.25, 0.3) is 0 Å². The molecule has 1 unspecified atom stereocenters. The van der Waals surface area contributed by atoms with Crippen molar-refractivity contribution >= 4 is 10.8 Å². The Kier molecular flexibility index (Phi) is 4.42. The van der Waals surface area contributed by atoms with Crippen LogP contribution in [-0.2, 0) is 4.74 Å². The highest BCUT2D eigenvalue weighted by Crippen LogP contribution is 2.34. The molecule has 0 spiro atoms. The molecule has 0 bridgehead atoms. The molecule has 112 valence electrons. The van der Waals surface area contributed by atoms with Crippen LogP contribution in [-0.4, -0.2) is 24.4 Å². The van der Waals surface area contributed by atoms with Gasteiger partial charge in [-0.25, -0.2) is 0 Å². The van der Waals surface area contributed by atoms with E-state index in [0.29, 0.717) is 6.61 Å². The number of fused-ring (bicyclic) bond motifs is 1. The van der Waals surface area contributed by atoms with Crippen molar-refractivity contribution in [3.05, 3.63) is 42.0 Å². The van der Waals surface area contributed by atoms with Gasteiger partial charge in [-0.15, -0.1) is 0 Å². The van der Waals surface area contributed by atoms with Gasteiger partial charge in [-0.05, 0) is 31.6 Å². The molecule has 1 aliphatic heterocycles. The zero-order chi connectivity index (χ0) is 14.7. The molecule has 0 aromatic heterocycles. The van der Waals surface area contributed by atoms with Gasteiger partial charge in [0.05, 0.1) is 12.2 Å². The Morgan fingerprint density at radius 2 is 2.10 bits per heavy atom. The van der Waals surface area contributed by atoms with Crippen molar-refractivity contribution in [3.63, 3.8) is 0 Å². The lowest BCUT2D eigenvalue weighted by molar-refractivity contribution is -0.0113. The topological polar surface area (TPSA) is 38.7 Å². The van der Waals surface area contributed by atoms with E-state index >= 15 is 0 Å². The fourth-order valence-corrected chi connectivity index (χ4v) is 2.87. The summed E-state index contributed by atoms with van der Waals surface area (Å²) in [7, 11) is 0. The first-order valence-corrected chi connectivity index (χ1v) is 7.70. The average molecular weight is 286 g/mol. The molecule has 1 saturated heterocycles. The average Bonchev–Trinajstić information content (AvgIpc) is 2.53. The molecule has 1 fully saturated rings. The van der Waals surface area contributed by atoms with Crippen molar-refractivity contribution in [2.75, 3.05) is 13.2 Å². The highest BCUT2D eigenvalue weighted by molar-refractivity contribution is 5.89. The maximum Gasteiger partial charge on any atom is 0.133 e. The molecule has 2 atom stereocenters. The summed E-state index contributed by atoms with van der Waals surface area (Å²) >= 11 is 0. The Morgan fingerprint density at radius 1 is 1.24 bits per heavy atom. The first-order valence-electron chi connectivity index (χ1n) is 7.70. The maximum absolute atomic E-state index is 9.99. The molecule has 1 aliphatic rings. The number of aliphatic hydroxyl groups excluding tert-OH is 1. The standard InChI is InChI=1S/C18H22O3/c1-13(19)16-10-9-14-6-2-3-8-17(14)18(16)21-12-15-7-4-5-11-20-15/h2-3,6,8-10,13,15,19H,4-5,7,11-12H2,1H3/t13-,15?/m1/s1. The Morgan fingerprint density at radius 3 is 2.86 bits per heavy atom. The fraction of sp³-hybridized carbons (Fsp3) is 0.444. The predicted octanol–water partition coefficient (Wildman–Crippen LogP) is 3.84. The van der Waals surface area contributed by atoms with Gasteiger partial charge in [0, 0.05) is 17.6 Å². The van der Waals surface area contributed by atoms with Gasteiger partial charge in [0.15, 0.2) is 0 Å². The molecule has 0 radical (unpaired) electrons. The van der Waals surface area contributed by atoms with Gasteiger partial charge in [-0.2, -0.15) is 0 Å². The summed E-state index contributed by atoms with van der Waals surface area (Å²) in [5, 5.41) is 12.2. The molecule has 0 aliphatic carbocycles. The Hall–Kier alpha value is -1.58. The molecule has 1 heterocycles. The second kappa shape index (κ2) is 6.46. The number of hydrogen-bond donors (Lipinski definition) is 1. The van der Waals surface area contributed by atoms with E-state index in [-0.39, 0.29) is 6.10 Å². The number of benzene rings is 2. The minimum Gasteiger partial charge on any atom is -0.490 e. The third-order valence-corrected chi connectivity index (χ3v) is 4.05. The van der Waals surface area contributed by atoms with Crippen molar-refractivity contribution < 1.29 is 14.6 Å². The van der Waals surface area contributed by atoms with Crippen molar-refractivity contribution in [2.24, 2.45) is 0 Å². The van der Waals surface area contributed by atoms with Gasteiger partial charge in [-0.1, -0.05) is 36.4 Å². The molecule has 21 heavy (non-hydrogen) atoms. The van der Waals surface area contributed by atoms with E-state index in [1.165, 1.54) is 6.42 Å². The summed E-state index contributed by atoms with van der Waals surface area (Å²) in [4.78, 5) is 0. The van der Waals surface area contributed by atoms with E-state index in [9.17, 15) is 5.11 Å². The third kappa shape index (κ3) is 3.20. The Labute approximate surface area is 125 Å². The number of hydrogen-bond acceptors (Lipinski definition) is 3. The van der Waals surface area contributed by atoms with Crippen molar-refractivity contribution in [2.45, 2.75) is 38.4 Å². The summed E-state index contributed by atoms with van der Waals surface area (Å²) < 4.78 is 11.8. The summed E-state index contributed by atoms with van der Waals surface area (Å²) in [6, 6.07) is 12.1. The van der Waals surface area contributed by atoms with Gasteiger partial charge >= 0.3 is 0 Å². The van der Waals surface area contributed by atoms with Crippen molar-refractivity contribution in [1.29, 1.82) is 0 Å². The predicted molar refractivity (Wildman–Crippen MR) is 83.7 cm³/mol. The van der Waals surface area contributed by atoms with Gasteiger partial charge < -0.3 is 14.6 Å². The zero-order valence-corrected chi connectivity index (χ0v) is 12.4. The van der Waals surface area contributed by atoms with Crippen LogP contribution in [0.4, 0.5) is 0 Å². The summed E-state index contributed by atoms with van der Waals surface area (Å²) in [6.07, 6.45) is 3.02. The summed E-state index contributed by atoms with van der Waals surface area (Å²) in [6.45, 7) is 3.15. The van der Waals surface area contributed by atoms with Crippen LogP contribution in [0.3, 0.4) is 0 Å². The van der Waals surface area contributed by atoms with Gasteiger partial charge in [0.2, 0.25) is 0 Å². The molecule has 3 heteroatoms. The minimum atomic E-state index is -0.545. The van der Waals surface area contributed by atoms with E-state index in [1.54, 1.807) is 6.92 Å². The number of ether oxygens (including phenoxy) is 2. The van der Waals surface area contributed by atoms with Gasteiger partial charge in [0.1, 0.15) is 12.4 Å². The lowest BCUT2D eigenvalue weighted by Gasteiger charge is -2.24. The Bertz CT molecular complexity index is 600. The molecular weight excluding hydrogens is 264 g/mol. The molecule has 0 saturated carbocycles. The lowest BCUT2D eigenvalue weighted by Crippen LogP contribution is -2.26. The van der Waals surface area contributed by atoms with Crippen molar-refractivity contribution in [3.8, 4) is 5.75 Å². The van der Waals surface area contributed by atoms with E-state index in [4.69, 9.17) is 9.47 Å². The van der Waals surface area contributed by atoms with Crippen LogP contribution in [0.2, 0.25) is 0 Å². The van der Waals surface area contributed by atoms with Crippen molar-refractivity contribution in [1.82, 2.24) is 0 Å². The summed E-state index contributed by atoms with van der Waals surface area (Å²) in [5.74, 6) is 0.789. The largest absolute Gasteiger partial charge is 0.490 e. The molecule has 2 aromatic rings. The van der Waals surface area contributed by atoms with Gasteiger partial charge in [-0.3, -0.25) is 0 Å². The molecule has 2 aromatic carbocycles. The van der Waals surface area contributed by atoms with Crippen LogP contribution in [0.25, 0.3) is 10.8 Å². The third-order valence-electron chi connectivity index (χ3n) is 4.05. The van der Waals surface area contributed by atoms with E-state index < -0.39 is 6.10 Å². The Balaban J connectivity index is 1.88. The second-order valence-electron chi connectivity index (χ2n) is 5.68. The fourth-order valence-electron chi connectivity index (χ4n) is 2.87. The molecule has 1 N–H and O–H groups in total. The normalized spacial score (nSPS) is 20.4. The van der Waals surface area contributed by atoms with Crippen LogP contribution in [0, 0.1) is 0 Å². The van der Waals surface area contributed by atoms with Crippen LogP contribution in [0.5, 0.6) is 5.75 Å². The molecular formula is C18H22O3. The van der Waals surface area contributed by atoms with E-state index in [2.05, 4.69) is 6.07 Å². The number of aliphatic hydroxyl groups is 1. The second-order valence-corrected chi connectivity index (χ2v) is 5.68. The SMILES string of the molecule is C[C@@H](O)c1ccc2ccccc2c1OCC1CCCCO1. The molecule has 3 nitrogen and oxygen atoms in total. The quantitative estimate of drug-likeness (QED) is 0.928. The first-order chi connectivity index (χ1) is 10.3. The highest BCUT2D eigenvalue weighted by Gasteiger charge is 2.18. The van der Waals surface area contributed by atoms with E-state index in [1.807, 2.05) is 30.3 Å².